The largest absolute Gasteiger partial charge is 0.352 e. The lowest BCUT2D eigenvalue weighted by Gasteiger charge is -2.11. The fourth-order valence-electron chi connectivity index (χ4n) is 2.47. The van der Waals surface area contributed by atoms with Gasteiger partial charge in [-0.25, -0.2) is 4.98 Å². The fraction of sp³-hybridized carbons (Fsp3) is 0.222. The molecule has 0 unspecified atom stereocenters. The van der Waals surface area contributed by atoms with Crippen molar-refractivity contribution in [2.45, 2.75) is 19.9 Å². The lowest BCUT2D eigenvalue weighted by Crippen LogP contribution is -2.29. The van der Waals surface area contributed by atoms with E-state index in [0.717, 1.165) is 6.42 Å². The van der Waals surface area contributed by atoms with Gasteiger partial charge in [-0.1, -0.05) is 19.1 Å². The van der Waals surface area contributed by atoms with Gasteiger partial charge in [0, 0.05) is 6.54 Å². The Morgan fingerprint density at radius 1 is 1.23 bits per heavy atom. The highest BCUT2D eigenvalue weighted by atomic mass is 32.1. The maximum absolute atomic E-state index is 12.4. The normalized spacial score (nSPS) is 10.7. The van der Waals surface area contributed by atoms with Crippen molar-refractivity contribution in [3.8, 4) is 0 Å². The number of thiophene rings is 1. The Balaban J connectivity index is 1.77. The van der Waals surface area contributed by atoms with Crippen LogP contribution in [-0.4, -0.2) is 27.9 Å². The molecule has 0 saturated heterocycles. The monoisotopic (exact) mass is 370 g/mol. The number of fused-ring (bicyclic) bond motifs is 1. The molecule has 2 N–H and O–H groups in total. The predicted octanol–water partition coefficient (Wildman–Crippen LogP) is 2.24. The molecule has 3 rings (SSSR count). The summed E-state index contributed by atoms with van der Waals surface area (Å²) in [7, 11) is 0. The molecule has 134 valence electrons. The number of carbonyl (C=O) groups excluding carboxylic acids is 2. The summed E-state index contributed by atoms with van der Waals surface area (Å²) in [6, 6.07) is 8.46. The number of benzene rings is 1. The first-order valence-corrected chi connectivity index (χ1v) is 9.08. The number of rotatable bonds is 6. The molecular formula is C18H18N4O3S. The topological polar surface area (TPSA) is 93.1 Å². The van der Waals surface area contributed by atoms with Crippen molar-refractivity contribution in [2.75, 3.05) is 11.9 Å². The molecule has 0 radical (unpaired) electrons. The van der Waals surface area contributed by atoms with E-state index in [1.165, 1.54) is 22.2 Å². The highest BCUT2D eigenvalue weighted by Crippen LogP contribution is 2.16. The zero-order valence-corrected chi connectivity index (χ0v) is 15.0. The molecule has 0 atom stereocenters. The van der Waals surface area contributed by atoms with E-state index in [4.69, 9.17) is 0 Å². The number of anilines is 1. The summed E-state index contributed by atoms with van der Waals surface area (Å²) in [5.74, 6) is -0.652. The van der Waals surface area contributed by atoms with Gasteiger partial charge in [0.05, 0.1) is 23.0 Å². The zero-order valence-electron chi connectivity index (χ0n) is 14.2. The molecule has 0 aliphatic heterocycles. The molecule has 2 heterocycles. The van der Waals surface area contributed by atoms with Crippen LogP contribution in [0, 0.1) is 0 Å². The molecule has 1 aromatic carbocycles. The number of aromatic nitrogens is 2. The molecule has 7 nitrogen and oxygen atoms in total. The first kappa shape index (κ1) is 17.8. The van der Waals surface area contributed by atoms with E-state index in [1.54, 1.807) is 35.7 Å². The second-order valence-corrected chi connectivity index (χ2v) is 6.56. The maximum atomic E-state index is 12.4. The lowest BCUT2D eigenvalue weighted by molar-refractivity contribution is -0.116. The minimum atomic E-state index is -0.403. The molecule has 2 aromatic heterocycles. The Morgan fingerprint density at radius 2 is 2.04 bits per heavy atom. The Kier molecular flexibility index (Phi) is 5.43. The molecule has 0 fully saturated rings. The van der Waals surface area contributed by atoms with Crippen LogP contribution >= 0.6 is 11.3 Å². The molecule has 2 amide bonds. The molecule has 3 aromatic rings. The van der Waals surface area contributed by atoms with E-state index in [0.29, 0.717) is 28.0 Å². The van der Waals surface area contributed by atoms with Gasteiger partial charge in [-0.3, -0.25) is 19.0 Å². The minimum Gasteiger partial charge on any atom is -0.352 e. The van der Waals surface area contributed by atoms with E-state index in [2.05, 4.69) is 15.6 Å². The second-order valence-electron chi connectivity index (χ2n) is 5.67. The fourth-order valence-corrected chi connectivity index (χ4v) is 3.20. The summed E-state index contributed by atoms with van der Waals surface area (Å²) in [4.78, 5) is 41.8. The van der Waals surface area contributed by atoms with Crippen molar-refractivity contribution >= 4 is 39.1 Å². The second kappa shape index (κ2) is 7.92. The number of hydrogen-bond donors (Lipinski definition) is 2. The van der Waals surface area contributed by atoms with Crippen LogP contribution in [0.4, 0.5) is 5.69 Å². The highest BCUT2D eigenvalue weighted by molar-refractivity contribution is 7.16. The summed E-state index contributed by atoms with van der Waals surface area (Å²) in [5, 5.41) is 7.76. The number of nitrogens with zero attached hydrogens (tertiary/aromatic N) is 2. The smallest absolute Gasteiger partial charge is 0.262 e. The number of para-hydroxylation sites is 1. The SMILES string of the molecule is CCCNC(=O)c1ccccc1NC(=O)Cn1cnc2sccc2c1=O. The predicted molar refractivity (Wildman–Crippen MR) is 102 cm³/mol. The van der Waals surface area contributed by atoms with Crippen molar-refractivity contribution < 1.29 is 9.59 Å². The number of nitrogens with one attached hydrogen (secondary N) is 2. The van der Waals surface area contributed by atoms with Gasteiger partial charge in [-0.05, 0) is 30.0 Å². The van der Waals surface area contributed by atoms with Crippen molar-refractivity contribution in [2.24, 2.45) is 0 Å². The van der Waals surface area contributed by atoms with Crippen LogP contribution in [0.3, 0.4) is 0 Å². The summed E-state index contributed by atoms with van der Waals surface area (Å²) in [6.07, 6.45) is 2.18. The molecule has 26 heavy (non-hydrogen) atoms. The standard InChI is InChI=1S/C18H18N4O3S/c1-2-8-19-16(24)12-5-3-4-6-14(12)21-15(23)10-22-11-20-17-13(18(22)25)7-9-26-17/h3-7,9,11H,2,8,10H2,1H3,(H,19,24)(H,21,23). The van der Waals surface area contributed by atoms with Crippen LogP contribution in [0.2, 0.25) is 0 Å². The van der Waals surface area contributed by atoms with Crippen molar-refractivity contribution in [3.05, 3.63) is 58.0 Å². The summed E-state index contributed by atoms with van der Waals surface area (Å²) >= 11 is 1.37. The van der Waals surface area contributed by atoms with Crippen molar-refractivity contribution in [1.82, 2.24) is 14.9 Å². The Bertz CT molecular complexity index is 1010. The average Bonchev–Trinajstić information content (AvgIpc) is 3.12. The summed E-state index contributed by atoms with van der Waals surface area (Å²) in [5.41, 5.74) is 0.525. The average molecular weight is 370 g/mol. The molecule has 0 spiro atoms. The van der Waals surface area contributed by atoms with Gasteiger partial charge in [0.1, 0.15) is 11.4 Å². The zero-order chi connectivity index (χ0) is 18.5. The third-order valence-electron chi connectivity index (χ3n) is 3.75. The number of amides is 2. The lowest BCUT2D eigenvalue weighted by atomic mass is 10.1. The van der Waals surface area contributed by atoms with E-state index >= 15 is 0 Å². The van der Waals surface area contributed by atoms with Gasteiger partial charge in [0.25, 0.3) is 11.5 Å². The van der Waals surface area contributed by atoms with E-state index in [9.17, 15) is 14.4 Å². The van der Waals surface area contributed by atoms with E-state index < -0.39 is 5.91 Å². The number of carbonyl (C=O) groups is 2. The first-order valence-electron chi connectivity index (χ1n) is 8.20. The molecule has 0 aliphatic carbocycles. The first-order chi connectivity index (χ1) is 12.6. The number of hydrogen-bond acceptors (Lipinski definition) is 5. The van der Waals surface area contributed by atoms with Crippen LogP contribution in [0.5, 0.6) is 0 Å². The van der Waals surface area contributed by atoms with Crippen LogP contribution in [-0.2, 0) is 11.3 Å². The quantitative estimate of drug-likeness (QED) is 0.696. The highest BCUT2D eigenvalue weighted by Gasteiger charge is 2.14. The van der Waals surface area contributed by atoms with Gasteiger partial charge in [0.2, 0.25) is 5.91 Å². The van der Waals surface area contributed by atoms with E-state index in [1.807, 2.05) is 6.92 Å². The van der Waals surface area contributed by atoms with Crippen LogP contribution < -0.4 is 16.2 Å². The maximum Gasteiger partial charge on any atom is 0.262 e. The van der Waals surface area contributed by atoms with Crippen molar-refractivity contribution in [3.63, 3.8) is 0 Å². The Labute approximate surface area is 153 Å². The third-order valence-corrected chi connectivity index (χ3v) is 4.57. The molecular weight excluding hydrogens is 352 g/mol. The summed E-state index contributed by atoms with van der Waals surface area (Å²) < 4.78 is 1.25. The Morgan fingerprint density at radius 3 is 2.85 bits per heavy atom. The van der Waals surface area contributed by atoms with Crippen LogP contribution in [0.15, 0.2) is 46.8 Å². The van der Waals surface area contributed by atoms with E-state index in [-0.39, 0.29) is 18.0 Å². The minimum absolute atomic E-state index is 0.178. The van der Waals surface area contributed by atoms with Gasteiger partial charge < -0.3 is 10.6 Å². The third kappa shape index (κ3) is 3.80. The molecule has 0 aliphatic rings. The van der Waals surface area contributed by atoms with Crippen molar-refractivity contribution in [1.29, 1.82) is 0 Å². The molecule has 0 bridgehead atoms. The van der Waals surface area contributed by atoms with Gasteiger partial charge >= 0.3 is 0 Å². The van der Waals surface area contributed by atoms with Gasteiger partial charge in [-0.2, -0.15) is 0 Å². The van der Waals surface area contributed by atoms with Crippen LogP contribution in [0.1, 0.15) is 23.7 Å². The molecule has 0 saturated carbocycles. The molecule has 8 heteroatoms. The summed E-state index contributed by atoms with van der Waals surface area (Å²) in [6.45, 7) is 2.34. The van der Waals surface area contributed by atoms with Gasteiger partial charge in [-0.15, -0.1) is 11.3 Å². The Hall–Kier alpha value is -3.00. The van der Waals surface area contributed by atoms with Crippen LogP contribution in [0.25, 0.3) is 10.2 Å². The van der Waals surface area contributed by atoms with Gasteiger partial charge in [0.15, 0.2) is 0 Å².